The third kappa shape index (κ3) is 5.91. The predicted octanol–water partition coefficient (Wildman–Crippen LogP) is 2.18. The summed E-state index contributed by atoms with van der Waals surface area (Å²) >= 11 is 0. The fraction of sp³-hybridized carbons (Fsp3) is 0.933. The fourth-order valence-electron chi connectivity index (χ4n) is 2.54. The number of nitrogens with zero attached hydrogens (tertiary/aromatic N) is 1. The molecule has 4 heteroatoms. The minimum absolute atomic E-state index is 0.0989. The molecule has 0 saturated heterocycles. The van der Waals surface area contributed by atoms with Crippen LogP contribution in [0.4, 0.5) is 0 Å². The molecular formula is C15H30N2O2. The molecule has 1 aliphatic rings. The summed E-state index contributed by atoms with van der Waals surface area (Å²) in [6.45, 7) is 9.29. The molecule has 4 nitrogen and oxygen atoms in total. The van der Waals surface area contributed by atoms with Gasteiger partial charge in [0.15, 0.2) is 0 Å². The number of carbonyl (C=O) groups excluding carboxylic acids is 1. The van der Waals surface area contributed by atoms with Crippen molar-refractivity contribution < 1.29 is 9.53 Å². The van der Waals surface area contributed by atoms with Crippen molar-refractivity contribution >= 4 is 5.91 Å². The van der Waals surface area contributed by atoms with Crippen LogP contribution in [0.25, 0.3) is 0 Å². The van der Waals surface area contributed by atoms with Crippen molar-refractivity contribution in [3.63, 3.8) is 0 Å². The summed E-state index contributed by atoms with van der Waals surface area (Å²) in [5, 5.41) is 3.49. The number of rotatable bonds is 5. The summed E-state index contributed by atoms with van der Waals surface area (Å²) < 4.78 is 5.56. The zero-order valence-corrected chi connectivity index (χ0v) is 13.2. The van der Waals surface area contributed by atoms with Gasteiger partial charge >= 0.3 is 0 Å². The number of amides is 1. The molecule has 0 unspecified atom stereocenters. The quantitative estimate of drug-likeness (QED) is 0.832. The second-order valence-electron chi connectivity index (χ2n) is 6.47. The van der Waals surface area contributed by atoms with E-state index in [1.807, 2.05) is 32.7 Å². The van der Waals surface area contributed by atoms with E-state index < -0.39 is 0 Å². The van der Waals surface area contributed by atoms with Crippen molar-refractivity contribution in [2.24, 2.45) is 0 Å². The Labute approximate surface area is 117 Å². The smallest absolute Gasteiger partial charge is 0.248 e. The van der Waals surface area contributed by atoms with E-state index in [0.717, 1.165) is 32.2 Å². The van der Waals surface area contributed by atoms with Crippen molar-refractivity contribution in [3.05, 3.63) is 0 Å². The van der Waals surface area contributed by atoms with E-state index in [9.17, 15) is 4.79 Å². The van der Waals surface area contributed by atoms with Gasteiger partial charge in [-0.1, -0.05) is 6.92 Å². The molecule has 1 amide bonds. The summed E-state index contributed by atoms with van der Waals surface area (Å²) in [6, 6.07) is 1.02. The lowest BCUT2D eigenvalue weighted by Gasteiger charge is -2.35. The van der Waals surface area contributed by atoms with Gasteiger partial charge in [-0.25, -0.2) is 0 Å². The molecule has 0 bridgehead atoms. The van der Waals surface area contributed by atoms with Crippen LogP contribution in [0.15, 0.2) is 0 Å². The molecule has 19 heavy (non-hydrogen) atoms. The van der Waals surface area contributed by atoms with Gasteiger partial charge in [0, 0.05) is 19.1 Å². The number of likely N-dealkylation sites (N-methyl/N-ethyl adjacent to an activating group) is 1. The third-order valence-corrected chi connectivity index (χ3v) is 3.76. The lowest BCUT2D eigenvalue weighted by atomic mass is 9.90. The van der Waals surface area contributed by atoms with Gasteiger partial charge in [-0.05, 0) is 53.0 Å². The molecule has 1 saturated carbocycles. The summed E-state index contributed by atoms with van der Waals surface area (Å²) in [5.41, 5.74) is -0.251. The largest absolute Gasteiger partial charge is 0.366 e. The Kier molecular flexibility index (Phi) is 6.27. The average Bonchev–Trinajstić information content (AvgIpc) is 2.35. The van der Waals surface area contributed by atoms with Gasteiger partial charge in [-0.2, -0.15) is 0 Å². The van der Waals surface area contributed by atoms with Gasteiger partial charge in [0.2, 0.25) is 5.91 Å². The van der Waals surface area contributed by atoms with Crippen LogP contribution < -0.4 is 5.32 Å². The van der Waals surface area contributed by atoms with Crippen LogP contribution in [0.3, 0.4) is 0 Å². The van der Waals surface area contributed by atoms with Crippen LogP contribution in [-0.4, -0.2) is 48.7 Å². The van der Waals surface area contributed by atoms with Gasteiger partial charge < -0.3 is 15.0 Å². The normalized spacial score (nSPS) is 24.3. The Morgan fingerprint density at radius 1 is 1.26 bits per heavy atom. The van der Waals surface area contributed by atoms with Gasteiger partial charge in [0.25, 0.3) is 0 Å². The lowest BCUT2D eigenvalue weighted by Crippen LogP contribution is -2.45. The first-order valence-electron chi connectivity index (χ1n) is 7.46. The first-order valence-corrected chi connectivity index (χ1v) is 7.46. The SMILES string of the molecule is CCNC1CCC(N(C)C(=O)COC(C)(C)C)CC1. The third-order valence-electron chi connectivity index (χ3n) is 3.76. The molecule has 1 aliphatic carbocycles. The molecule has 0 atom stereocenters. The fourth-order valence-corrected chi connectivity index (χ4v) is 2.54. The van der Waals surface area contributed by atoms with Crippen LogP contribution in [0.5, 0.6) is 0 Å². The van der Waals surface area contributed by atoms with Gasteiger partial charge in [-0.15, -0.1) is 0 Å². The van der Waals surface area contributed by atoms with Crippen LogP contribution in [0, 0.1) is 0 Å². The minimum Gasteiger partial charge on any atom is -0.366 e. The molecule has 0 aromatic heterocycles. The van der Waals surface area contributed by atoms with Crippen molar-refractivity contribution in [2.75, 3.05) is 20.2 Å². The Hall–Kier alpha value is -0.610. The Morgan fingerprint density at radius 2 is 1.84 bits per heavy atom. The van der Waals surface area contributed by atoms with E-state index in [2.05, 4.69) is 12.2 Å². The van der Waals surface area contributed by atoms with E-state index in [-0.39, 0.29) is 18.1 Å². The highest BCUT2D eigenvalue weighted by molar-refractivity contribution is 5.77. The number of hydrogen-bond donors (Lipinski definition) is 1. The molecule has 0 aromatic carbocycles. The highest BCUT2D eigenvalue weighted by atomic mass is 16.5. The molecule has 112 valence electrons. The lowest BCUT2D eigenvalue weighted by molar-refractivity contribution is -0.142. The number of nitrogens with one attached hydrogen (secondary N) is 1. The molecule has 0 radical (unpaired) electrons. The highest BCUT2D eigenvalue weighted by Gasteiger charge is 2.26. The van der Waals surface area contributed by atoms with Crippen LogP contribution in [0.2, 0.25) is 0 Å². The van der Waals surface area contributed by atoms with Crippen molar-refractivity contribution in [2.45, 2.75) is 71.1 Å². The molecular weight excluding hydrogens is 240 g/mol. The average molecular weight is 270 g/mol. The van der Waals surface area contributed by atoms with E-state index >= 15 is 0 Å². The Balaban J connectivity index is 2.34. The summed E-state index contributed by atoms with van der Waals surface area (Å²) in [6.07, 6.45) is 4.51. The van der Waals surface area contributed by atoms with Crippen LogP contribution >= 0.6 is 0 Å². The van der Waals surface area contributed by atoms with Crippen molar-refractivity contribution in [3.8, 4) is 0 Å². The van der Waals surface area contributed by atoms with E-state index in [1.54, 1.807) is 0 Å². The first kappa shape index (κ1) is 16.4. The minimum atomic E-state index is -0.251. The maximum absolute atomic E-state index is 12.1. The molecule has 0 aliphatic heterocycles. The molecule has 0 aromatic rings. The standard InChI is InChI=1S/C15H30N2O2/c1-6-16-12-7-9-13(10-8-12)17(5)14(18)11-19-15(2,3)4/h12-13,16H,6-11H2,1-5H3. The van der Waals surface area contributed by atoms with Crippen LogP contribution in [-0.2, 0) is 9.53 Å². The van der Waals surface area contributed by atoms with E-state index in [1.165, 1.54) is 0 Å². The topological polar surface area (TPSA) is 41.6 Å². The Bertz CT molecular complexity index is 278. The second-order valence-corrected chi connectivity index (χ2v) is 6.47. The molecule has 1 N–H and O–H groups in total. The maximum atomic E-state index is 12.1. The van der Waals surface area contributed by atoms with Gasteiger partial charge in [0.1, 0.15) is 6.61 Å². The summed E-state index contributed by atoms with van der Waals surface area (Å²) in [4.78, 5) is 14.0. The second kappa shape index (κ2) is 7.25. The monoisotopic (exact) mass is 270 g/mol. The van der Waals surface area contributed by atoms with E-state index in [0.29, 0.717) is 12.1 Å². The zero-order chi connectivity index (χ0) is 14.5. The maximum Gasteiger partial charge on any atom is 0.248 e. The van der Waals surface area contributed by atoms with Crippen molar-refractivity contribution in [1.82, 2.24) is 10.2 Å². The molecule has 1 fully saturated rings. The van der Waals surface area contributed by atoms with E-state index in [4.69, 9.17) is 4.74 Å². The van der Waals surface area contributed by atoms with Crippen LogP contribution in [0.1, 0.15) is 53.4 Å². The van der Waals surface area contributed by atoms with Crippen molar-refractivity contribution in [1.29, 1.82) is 0 Å². The first-order chi connectivity index (χ1) is 8.83. The van der Waals surface area contributed by atoms with Gasteiger partial charge in [0.05, 0.1) is 5.60 Å². The number of ether oxygens (including phenoxy) is 1. The molecule has 0 heterocycles. The summed E-state index contributed by atoms with van der Waals surface area (Å²) in [7, 11) is 1.91. The molecule has 1 rings (SSSR count). The summed E-state index contributed by atoms with van der Waals surface area (Å²) in [5.74, 6) is 0.0989. The number of carbonyl (C=O) groups is 1. The predicted molar refractivity (Wildman–Crippen MR) is 78.2 cm³/mol. The van der Waals surface area contributed by atoms with Gasteiger partial charge in [-0.3, -0.25) is 4.79 Å². The zero-order valence-electron chi connectivity index (χ0n) is 13.2. The highest BCUT2D eigenvalue weighted by Crippen LogP contribution is 2.22. The number of hydrogen-bond acceptors (Lipinski definition) is 3. The Morgan fingerprint density at radius 3 is 2.32 bits per heavy atom. The molecule has 0 spiro atoms.